The SMILES string of the molecule is CCCOc1ccccc1Oc1cc(C)c(Br)cn1. The molecule has 0 bridgehead atoms. The maximum Gasteiger partial charge on any atom is 0.219 e. The first kappa shape index (κ1) is 13.9. The van der Waals surface area contributed by atoms with Crippen molar-refractivity contribution in [1.29, 1.82) is 0 Å². The Morgan fingerprint density at radius 3 is 2.63 bits per heavy atom. The number of pyridine rings is 1. The van der Waals surface area contributed by atoms with Gasteiger partial charge in [-0.15, -0.1) is 0 Å². The van der Waals surface area contributed by atoms with Crippen molar-refractivity contribution >= 4 is 15.9 Å². The lowest BCUT2D eigenvalue weighted by Crippen LogP contribution is -1.98. The number of halogens is 1. The zero-order valence-corrected chi connectivity index (χ0v) is 12.6. The van der Waals surface area contributed by atoms with E-state index in [0.29, 0.717) is 18.2 Å². The Balaban J connectivity index is 2.20. The highest BCUT2D eigenvalue weighted by molar-refractivity contribution is 9.10. The van der Waals surface area contributed by atoms with Gasteiger partial charge in [0, 0.05) is 16.7 Å². The summed E-state index contributed by atoms with van der Waals surface area (Å²) in [6.45, 7) is 4.74. The van der Waals surface area contributed by atoms with Crippen molar-refractivity contribution in [3.05, 3.63) is 46.6 Å². The van der Waals surface area contributed by atoms with Crippen molar-refractivity contribution in [1.82, 2.24) is 4.98 Å². The van der Waals surface area contributed by atoms with Crippen LogP contribution in [0.4, 0.5) is 0 Å². The van der Waals surface area contributed by atoms with Gasteiger partial charge in [0.2, 0.25) is 5.88 Å². The minimum Gasteiger partial charge on any atom is -0.490 e. The van der Waals surface area contributed by atoms with E-state index in [9.17, 15) is 0 Å². The number of hydrogen-bond donors (Lipinski definition) is 0. The largest absolute Gasteiger partial charge is 0.490 e. The fourth-order valence-corrected chi connectivity index (χ4v) is 1.76. The van der Waals surface area contributed by atoms with E-state index in [4.69, 9.17) is 9.47 Å². The second-order valence-corrected chi connectivity index (χ2v) is 5.02. The molecule has 4 heteroatoms. The maximum atomic E-state index is 5.79. The molecule has 1 aromatic carbocycles. The van der Waals surface area contributed by atoms with Crippen LogP contribution in [0.1, 0.15) is 18.9 Å². The molecule has 1 heterocycles. The van der Waals surface area contributed by atoms with Crippen LogP contribution in [-0.2, 0) is 0 Å². The van der Waals surface area contributed by atoms with Crippen molar-refractivity contribution in [2.75, 3.05) is 6.61 Å². The van der Waals surface area contributed by atoms with Crippen molar-refractivity contribution in [3.63, 3.8) is 0 Å². The number of aromatic nitrogens is 1. The molecule has 0 radical (unpaired) electrons. The van der Waals surface area contributed by atoms with Crippen LogP contribution in [-0.4, -0.2) is 11.6 Å². The molecular formula is C15H16BrNO2. The van der Waals surface area contributed by atoms with Crippen molar-refractivity contribution in [3.8, 4) is 17.4 Å². The van der Waals surface area contributed by atoms with Gasteiger partial charge in [0.05, 0.1) is 6.61 Å². The highest BCUT2D eigenvalue weighted by Crippen LogP contribution is 2.31. The molecule has 0 fully saturated rings. The average Bonchev–Trinajstić information content (AvgIpc) is 2.42. The first-order valence-corrected chi connectivity index (χ1v) is 7.02. The molecule has 0 atom stereocenters. The molecule has 19 heavy (non-hydrogen) atoms. The monoisotopic (exact) mass is 321 g/mol. The molecule has 0 amide bonds. The Morgan fingerprint density at radius 2 is 1.95 bits per heavy atom. The number of para-hydroxylation sites is 2. The summed E-state index contributed by atoms with van der Waals surface area (Å²) >= 11 is 3.42. The lowest BCUT2D eigenvalue weighted by molar-refractivity contribution is 0.300. The third kappa shape index (κ3) is 3.70. The van der Waals surface area contributed by atoms with Gasteiger partial charge in [-0.2, -0.15) is 0 Å². The summed E-state index contributed by atoms with van der Waals surface area (Å²) in [4.78, 5) is 4.23. The Hall–Kier alpha value is -1.55. The topological polar surface area (TPSA) is 31.4 Å². The van der Waals surface area contributed by atoms with Gasteiger partial charge in [0.1, 0.15) is 0 Å². The van der Waals surface area contributed by atoms with Gasteiger partial charge in [0.25, 0.3) is 0 Å². The van der Waals surface area contributed by atoms with Gasteiger partial charge in [0.15, 0.2) is 11.5 Å². The fraction of sp³-hybridized carbons (Fsp3) is 0.267. The first-order valence-electron chi connectivity index (χ1n) is 6.22. The highest BCUT2D eigenvalue weighted by atomic mass is 79.9. The highest BCUT2D eigenvalue weighted by Gasteiger charge is 2.07. The normalized spacial score (nSPS) is 10.3. The van der Waals surface area contributed by atoms with Crippen molar-refractivity contribution < 1.29 is 9.47 Å². The number of hydrogen-bond acceptors (Lipinski definition) is 3. The summed E-state index contributed by atoms with van der Waals surface area (Å²) in [6, 6.07) is 9.51. The Bertz CT molecular complexity index is 558. The van der Waals surface area contributed by atoms with E-state index in [0.717, 1.165) is 22.2 Å². The van der Waals surface area contributed by atoms with E-state index in [1.165, 1.54) is 0 Å². The van der Waals surface area contributed by atoms with Crippen molar-refractivity contribution in [2.45, 2.75) is 20.3 Å². The average molecular weight is 322 g/mol. The molecule has 2 rings (SSSR count). The molecule has 0 saturated carbocycles. The van der Waals surface area contributed by atoms with Gasteiger partial charge in [-0.1, -0.05) is 19.1 Å². The maximum absolute atomic E-state index is 5.79. The quantitative estimate of drug-likeness (QED) is 0.797. The predicted molar refractivity (Wildman–Crippen MR) is 79.0 cm³/mol. The zero-order chi connectivity index (χ0) is 13.7. The van der Waals surface area contributed by atoms with Gasteiger partial charge < -0.3 is 9.47 Å². The summed E-state index contributed by atoms with van der Waals surface area (Å²) in [7, 11) is 0. The molecule has 1 aromatic heterocycles. The number of aryl methyl sites for hydroxylation is 1. The Kier molecular flexibility index (Phi) is 4.80. The predicted octanol–water partition coefficient (Wildman–Crippen LogP) is 4.73. The molecule has 0 aliphatic carbocycles. The lowest BCUT2D eigenvalue weighted by Gasteiger charge is -2.11. The minimum atomic E-state index is 0.563. The van der Waals surface area contributed by atoms with Crippen LogP contribution in [0, 0.1) is 6.92 Å². The summed E-state index contributed by atoms with van der Waals surface area (Å²) in [5.41, 5.74) is 1.08. The summed E-state index contributed by atoms with van der Waals surface area (Å²) in [6.07, 6.45) is 2.70. The van der Waals surface area contributed by atoms with E-state index in [-0.39, 0.29) is 0 Å². The molecule has 2 aromatic rings. The van der Waals surface area contributed by atoms with Crippen LogP contribution in [0.25, 0.3) is 0 Å². The molecule has 0 saturated heterocycles. The van der Waals surface area contributed by atoms with E-state index in [1.807, 2.05) is 37.3 Å². The number of rotatable bonds is 5. The van der Waals surface area contributed by atoms with Crippen LogP contribution >= 0.6 is 15.9 Å². The molecule has 3 nitrogen and oxygen atoms in total. The first-order chi connectivity index (χ1) is 9.20. The van der Waals surface area contributed by atoms with E-state index < -0.39 is 0 Å². The van der Waals surface area contributed by atoms with Crippen LogP contribution in [0.15, 0.2) is 41.0 Å². The number of benzene rings is 1. The molecule has 0 spiro atoms. The molecule has 0 aliphatic heterocycles. The van der Waals surface area contributed by atoms with Gasteiger partial charge >= 0.3 is 0 Å². The van der Waals surface area contributed by atoms with Crippen LogP contribution in [0.2, 0.25) is 0 Å². The summed E-state index contributed by atoms with van der Waals surface area (Å²) < 4.78 is 12.4. The third-order valence-corrected chi connectivity index (χ3v) is 3.38. The minimum absolute atomic E-state index is 0.563. The zero-order valence-electron chi connectivity index (χ0n) is 11.0. The van der Waals surface area contributed by atoms with Gasteiger partial charge in [-0.05, 0) is 47.0 Å². The molecule has 0 aliphatic rings. The van der Waals surface area contributed by atoms with Crippen LogP contribution in [0.3, 0.4) is 0 Å². The summed E-state index contributed by atoms with van der Waals surface area (Å²) in [5, 5.41) is 0. The molecule has 100 valence electrons. The fourth-order valence-electron chi connectivity index (χ4n) is 1.55. The van der Waals surface area contributed by atoms with Gasteiger partial charge in [-0.25, -0.2) is 4.98 Å². The van der Waals surface area contributed by atoms with Crippen LogP contribution in [0.5, 0.6) is 17.4 Å². The van der Waals surface area contributed by atoms with E-state index in [2.05, 4.69) is 27.8 Å². The number of ether oxygens (including phenoxy) is 2. The Morgan fingerprint density at radius 1 is 1.21 bits per heavy atom. The smallest absolute Gasteiger partial charge is 0.219 e. The Labute approximate surface area is 121 Å². The van der Waals surface area contributed by atoms with Gasteiger partial charge in [-0.3, -0.25) is 0 Å². The van der Waals surface area contributed by atoms with Crippen LogP contribution < -0.4 is 9.47 Å². The second-order valence-electron chi connectivity index (χ2n) is 4.17. The molecule has 0 N–H and O–H groups in total. The second kappa shape index (κ2) is 6.57. The number of nitrogens with zero attached hydrogens (tertiary/aromatic N) is 1. The third-order valence-electron chi connectivity index (χ3n) is 2.55. The standard InChI is InChI=1S/C15H16BrNO2/c1-3-8-18-13-6-4-5-7-14(13)19-15-9-11(2)12(16)10-17-15/h4-7,9-10H,3,8H2,1-2H3. The lowest BCUT2D eigenvalue weighted by atomic mass is 10.3. The molecule has 0 unspecified atom stereocenters. The van der Waals surface area contributed by atoms with Crippen molar-refractivity contribution in [2.24, 2.45) is 0 Å². The van der Waals surface area contributed by atoms with E-state index >= 15 is 0 Å². The molecular weight excluding hydrogens is 306 g/mol. The summed E-state index contributed by atoms with van der Waals surface area (Å²) in [5.74, 6) is 1.99. The van der Waals surface area contributed by atoms with E-state index in [1.54, 1.807) is 6.20 Å².